The third kappa shape index (κ3) is 3.01. The minimum Gasteiger partial charge on any atom is -0.478 e. The summed E-state index contributed by atoms with van der Waals surface area (Å²) in [5, 5.41) is 9.19. The van der Waals surface area contributed by atoms with Crippen molar-refractivity contribution in [3.8, 4) is 0 Å². The predicted octanol–water partition coefficient (Wildman–Crippen LogP) is 4.10. The zero-order valence-electron chi connectivity index (χ0n) is 9.81. The van der Waals surface area contributed by atoms with Crippen LogP contribution in [0.2, 0.25) is 5.02 Å². The van der Waals surface area contributed by atoms with Crippen LogP contribution in [0.25, 0.3) is 11.6 Å². The van der Waals surface area contributed by atoms with Gasteiger partial charge in [0.2, 0.25) is 0 Å². The summed E-state index contributed by atoms with van der Waals surface area (Å²) in [5.41, 5.74) is 0.671. The Morgan fingerprint density at radius 3 is 2.42 bits per heavy atom. The lowest BCUT2D eigenvalue weighted by Crippen LogP contribution is -2.00. The summed E-state index contributed by atoms with van der Waals surface area (Å²) < 4.78 is 13.8. The summed E-state index contributed by atoms with van der Waals surface area (Å²) in [4.78, 5) is 11.3. The SMILES string of the molecule is O=C(O)/C(=C/c1cccc(Cl)c1F)c1ccccc1. The predicted molar refractivity (Wildman–Crippen MR) is 73.4 cm³/mol. The van der Waals surface area contributed by atoms with Crippen LogP contribution < -0.4 is 0 Å². The molecule has 1 N–H and O–H groups in total. The summed E-state index contributed by atoms with van der Waals surface area (Å²) in [6, 6.07) is 13.0. The molecule has 0 bridgehead atoms. The number of carbonyl (C=O) groups is 1. The van der Waals surface area contributed by atoms with Crippen LogP contribution in [0, 0.1) is 5.82 Å². The fourth-order valence-corrected chi connectivity index (χ4v) is 1.86. The van der Waals surface area contributed by atoms with Crippen molar-refractivity contribution >= 4 is 29.2 Å². The van der Waals surface area contributed by atoms with Gasteiger partial charge in [-0.3, -0.25) is 0 Å². The zero-order valence-corrected chi connectivity index (χ0v) is 10.6. The van der Waals surface area contributed by atoms with Crippen molar-refractivity contribution in [3.05, 3.63) is 70.5 Å². The largest absolute Gasteiger partial charge is 0.478 e. The molecule has 0 aliphatic heterocycles. The summed E-state index contributed by atoms with van der Waals surface area (Å²) in [5.74, 6) is -1.75. The molecule has 0 heterocycles. The standard InChI is InChI=1S/C15H10ClFO2/c16-13-8-4-7-11(14(13)17)9-12(15(18)19)10-5-2-1-3-6-10/h1-9H,(H,18,19)/b12-9+. The second-order valence-electron chi connectivity index (χ2n) is 3.87. The summed E-state index contributed by atoms with van der Waals surface area (Å²) >= 11 is 5.67. The molecule has 2 rings (SSSR count). The van der Waals surface area contributed by atoms with Crippen molar-refractivity contribution in [2.75, 3.05) is 0 Å². The first-order valence-corrected chi connectivity index (χ1v) is 5.92. The molecule has 96 valence electrons. The molecule has 0 aromatic heterocycles. The van der Waals surface area contributed by atoms with Crippen LogP contribution in [0.5, 0.6) is 0 Å². The smallest absolute Gasteiger partial charge is 0.336 e. The van der Waals surface area contributed by atoms with E-state index in [0.717, 1.165) is 0 Å². The van der Waals surface area contributed by atoms with Crippen LogP contribution in [-0.2, 0) is 4.79 Å². The van der Waals surface area contributed by atoms with Crippen LogP contribution in [0.15, 0.2) is 48.5 Å². The normalized spacial score (nSPS) is 11.4. The molecule has 0 aliphatic carbocycles. The molecule has 19 heavy (non-hydrogen) atoms. The Labute approximate surface area is 114 Å². The number of carboxylic acids is 1. The Morgan fingerprint density at radius 2 is 1.79 bits per heavy atom. The van der Waals surface area contributed by atoms with Crippen molar-refractivity contribution in [1.29, 1.82) is 0 Å². The summed E-state index contributed by atoms with van der Waals surface area (Å²) in [7, 11) is 0. The van der Waals surface area contributed by atoms with E-state index in [1.807, 2.05) is 0 Å². The van der Waals surface area contributed by atoms with Gasteiger partial charge < -0.3 is 5.11 Å². The Kier molecular flexibility index (Phi) is 3.97. The maximum absolute atomic E-state index is 13.8. The molecule has 0 saturated carbocycles. The topological polar surface area (TPSA) is 37.3 Å². The molecule has 0 unspecified atom stereocenters. The fraction of sp³-hybridized carbons (Fsp3) is 0. The van der Waals surface area contributed by atoms with Gasteiger partial charge in [0.25, 0.3) is 0 Å². The molecule has 4 heteroatoms. The third-order valence-electron chi connectivity index (χ3n) is 2.60. The van der Waals surface area contributed by atoms with E-state index in [1.54, 1.807) is 36.4 Å². The first-order chi connectivity index (χ1) is 9.09. The van der Waals surface area contributed by atoms with E-state index >= 15 is 0 Å². The van der Waals surface area contributed by atoms with Gasteiger partial charge >= 0.3 is 5.97 Å². The van der Waals surface area contributed by atoms with Gasteiger partial charge in [0, 0.05) is 5.56 Å². The lowest BCUT2D eigenvalue weighted by molar-refractivity contribution is -0.130. The van der Waals surface area contributed by atoms with Gasteiger partial charge in [0.1, 0.15) is 5.82 Å². The fourth-order valence-electron chi connectivity index (χ4n) is 1.67. The molecular formula is C15H10ClFO2. The van der Waals surface area contributed by atoms with Crippen LogP contribution in [0.1, 0.15) is 11.1 Å². The van der Waals surface area contributed by atoms with Gasteiger partial charge in [0.05, 0.1) is 10.6 Å². The molecule has 0 radical (unpaired) electrons. The van der Waals surface area contributed by atoms with Crippen molar-refractivity contribution in [3.63, 3.8) is 0 Å². The van der Waals surface area contributed by atoms with Crippen molar-refractivity contribution < 1.29 is 14.3 Å². The molecule has 0 fully saturated rings. The molecular weight excluding hydrogens is 267 g/mol. The average Bonchev–Trinajstić information content (AvgIpc) is 2.41. The molecule has 2 aromatic rings. The molecule has 0 atom stereocenters. The van der Waals surface area contributed by atoms with Crippen LogP contribution in [-0.4, -0.2) is 11.1 Å². The van der Waals surface area contributed by atoms with Crippen molar-refractivity contribution in [1.82, 2.24) is 0 Å². The lowest BCUT2D eigenvalue weighted by Gasteiger charge is -2.04. The molecule has 0 saturated heterocycles. The number of hydrogen-bond donors (Lipinski definition) is 1. The molecule has 0 spiro atoms. The van der Waals surface area contributed by atoms with Crippen molar-refractivity contribution in [2.45, 2.75) is 0 Å². The summed E-state index contributed by atoms with van der Waals surface area (Å²) in [6.07, 6.45) is 1.28. The van der Waals surface area contributed by atoms with Crippen LogP contribution in [0.4, 0.5) is 4.39 Å². The number of rotatable bonds is 3. The Morgan fingerprint density at radius 1 is 1.11 bits per heavy atom. The number of carboxylic acid groups (broad SMARTS) is 1. The van der Waals surface area contributed by atoms with E-state index in [2.05, 4.69) is 0 Å². The van der Waals surface area contributed by atoms with E-state index in [-0.39, 0.29) is 16.2 Å². The Balaban J connectivity index is 2.54. The van der Waals surface area contributed by atoms with Gasteiger partial charge in [-0.25, -0.2) is 9.18 Å². The maximum Gasteiger partial charge on any atom is 0.336 e. The summed E-state index contributed by atoms with van der Waals surface area (Å²) in [6.45, 7) is 0. The quantitative estimate of drug-likeness (QED) is 0.677. The Hall–Kier alpha value is -2.13. The van der Waals surface area contributed by atoms with Crippen molar-refractivity contribution in [2.24, 2.45) is 0 Å². The van der Waals surface area contributed by atoms with E-state index in [9.17, 15) is 14.3 Å². The monoisotopic (exact) mass is 276 g/mol. The molecule has 0 amide bonds. The lowest BCUT2D eigenvalue weighted by atomic mass is 10.0. The maximum atomic E-state index is 13.8. The first-order valence-electron chi connectivity index (χ1n) is 5.54. The highest BCUT2D eigenvalue weighted by molar-refractivity contribution is 6.31. The average molecular weight is 277 g/mol. The molecule has 2 nitrogen and oxygen atoms in total. The van der Waals surface area contributed by atoms with Gasteiger partial charge in [-0.05, 0) is 17.7 Å². The molecule has 2 aromatic carbocycles. The zero-order chi connectivity index (χ0) is 13.8. The molecule has 0 aliphatic rings. The number of halogens is 2. The first kappa shape index (κ1) is 13.3. The van der Waals surface area contributed by atoms with Crippen LogP contribution in [0.3, 0.4) is 0 Å². The van der Waals surface area contributed by atoms with E-state index in [1.165, 1.54) is 18.2 Å². The van der Waals surface area contributed by atoms with Gasteiger partial charge in [0.15, 0.2) is 0 Å². The third-order valence-corrected chi connectivity index (χ3v) is 2.89. The van der Waals surface area contributed by atoms with E-state index in [4.69, 9.17) is 11.6 Å². The number of hydrogen-bond acceptors (Lipinski definition) is 1. The Bertz CT molecular complexity index is 636. The van der Waals surface area contributed by atoms with Gasteiger partial charge in [-0.15, -0.1) is 0 Å². The second kappa shape index (κ2) is 5.67. The number of aliphatic carboxylic acids is 1. The van der Waals surface area contributed by atoms with E-state index < -0.39 is 11.8 Å². The van der Waals surface area contributed by atoms with Gasteiger partial charge in [-0.2, -0.15) is 0 Å². The highest BCUT2D eigenvalue weighted by Gasteiger charge is 2.12. The second-order valence-corrected chi connectivity index (χ2v) is 4.28. The van der Waals surface area contributed by atoms with Crippen LogP contribution >= 0.6 is 11.6 Å². The van der Waals surface area contributed by atoms with Gasteiger partial charge in [-0.1, -0.05) is 54.1 Å². The minimum absolute atomic E-state index is 0.0155. The van der Waals surface area contributed by atoms with E-state index in [0.29, 0.717) is 5.56 Å². The minimum atomic E-state index is -1.12. The highest BCUT2D eigenvalue weighted by atomic mass is 35.5. The highest BCUT2D eigenvalue weighted by Crippen LogP contribution is 2.23. The number of benzene rings is 2.